The SMILES string of the molecule is Cc1nn(-c2cccc([N+](=O)[O-])c2)cc1CO. The Morgan fingerprint density at radius 3 is 2.88 bits per heavy atom. The smallest absolute Gasteiger partial charge is 0.271 e. The van der Waals surface area contributed by atoms with Crippen LogP contribution >= 0.6 is 0 Å². The summed E-state index contributed by atoms with van der Waals surface area (Å²) in [5.41, 5.74) is 2.03. The van der Waals surface area contributed by atoms with Gasteiger partial charge in [0.25, 0.3) is 5.69 Å². The summed E-state index contributed by atoms with van der Waals surface area (Å²) in [5, 5.41) is 23.9. The number of non-ortho nitro benzene ring substituents is 1. The van der Waals surface area contributed by atoms with Crippen molar-refractivity contribution in [3.05, 3.63) is 51.8 Å². The topological polar surface area (TPSA) is 81.2 Å². The van der Waals surface area contributed by atoms with E-state index in [-0.39, 0.29) is 12.3 Å². The van der Waals surface area contributed by atoms with Crippen molar-refractivity contribution in [1.29, 1.82) is 0 Å². The first-order chi connectivity index (χ1) is 8.11. The highest BCUT2D eigenvalue weighted by atomic mass is 16.6. The third-order valence-electron chi connectivity index (χ3n) is 2.48. The van der Waals surface area contributed by atoms with E-state index in [9.17, 15) is 10.1 Å². The summed E-state index contributed by atoms with van der Waals surface area (Å²) in [7, 11) is 0. The highest BCUT2D eigenvalue weighted by molar-refractivity contribution is 5.43. The molecular weight excluding hydrogens is 222 g/mol. The number of rotatable bonds is 3. The van der Waals surface area contributed by atoms with Gasteiger partial charge in [0.1, 0.15) is 0 Å². The van der Waals surface area contributed by atoms with Gasteiger partial charge in [-0.25, -0.2) is 4.68 Å². The van der Waals surface area contributed by atoms with Gasteiger partial charge >= 0.3 is 0 Å². The molecule has 0 bridgehead atoms. The van der Waals surface area contributed by atoms with Crippen LogP contribution in [-0.2, 0) is 6.61 Å². The maximum Gasteiger partial charge on any atom is 0.271 e. The molecule has 0 spiro atoms. The predicted molar refractivity (Wildman–Crippen MR) is 60.9 cm³/mol. The van der Waals surface area contributed by atoms with Crippen LogP contribution in [0.1, 0.15) is 11.3 Å². The van der Waals surface area contributed by atoms with Crippen LogP contribution in [0.2, 0.25) is 0 Å². The van der Waals surface area contributed by atoms with E-state index >= 15 is 0 Å². The summed E-state index contributed by atoms with van der Waals surface area (Å²) in [5.74, 6) is 0. The van der Waals surface area contributed by atoms with Crippen LogP contribution in [0.25, 0.3) is 5.69 Å². The van der Waals surface area contributed by atoms with Crippen LogP contribution in [0.15, 0.2) is 30.5 Å². The molecule has 0 aliphatic rings. The van der Waals surface area contributed by atoms with Crippen LogP contribution in [-0.4, -0.2) is 19.8 Å². The monoisotopic (exact) mass is 233 g/mol. The molecule has 1 aromatic carbocycles. The minimum atomic E-state index is -0.452. The number of hydrogen-bond donors (Lipinski definition) is 1. The zero-order valence-electron chi connectivity index (χ0n) is 9.20. The molecule has 88 valence electrons. The van der Waals surface area contributed by atoms with Gasteiger partial charge in [-0.15, -0.1) is 0 Å². The molecule has 0 aliphatic carbocycles. The molecule has 1 aromatic heterocycles. The molecule has 17 heavy (non-hydrogen) atoms. The average Bonchev–Trinajstić information content (AvgIpc) is 2.71. The Morgan fingerprint density at radius 1 is 1.53 bits per heavy atom. The fourth-order valence-electron chi connectivity index (χ4n) is 1.53. The second kappa shape index (κ2) is 4.34. The molecule has 0 saturated carbocycles. The van der Waals surface area contributed by atoms with Gasteiger partial charge < -0.3 is 5.11 Å². The summed E-state index contributed by atoms with van der Waals surface area (Å²) < 4.78 is 1.52. The largest absolute Gasteiger partial charge is 0.392 e. The fourth-order valence-corrected chi connectivity index (χ4v) is 1.53. The lowest BCUT2D eigenvalue weighted by molar-refractivity contribution is -0.384. The highest BCUT2D eigenvalue weighted by Gasteiger charge is 2.09. The van der Waals surface area contributed by atoms with Crippen LogP contribution < -0.4 is 0 Å². The van der Waals surface area contributed by atoms with Gasteiger partial charge in [0, 0.05) is 23.9 Å². The number of aromatic nitrogens is 2. The Morgan fingerprint density at radius 2 is 2.29 bits per heavy atom. The summed E-state index contributed by atoms with van der Waals surface area (Å²) in [6.07, 6.45) is 1.66. The lowest BCUT2D eigenvalue weighted by Crippen LogP contribution is -1.96. The first kappa shape index (κ1) is 11.3. The Hall–Kier alpha value is -2.21. The second-order valence-corrected chi connectivity index (χ2v) is 3.62. The number of nitrogens with zero attached hydrogens (tertiary/aromatic N) is 3. The molecule has 6 heteroatoms. The number of aryl methyl sites for hydroxylation is 1. The molecule has 0 radical (unpaired) electrons. The molecule has 0 atom stereocenters. The van der Waals surface area contributed by atoms with Crippen molar-refractivity contribution >= 4 is 5.69 Å². The van der Waals surface area contributed by atoms with Crippen molar-refractivity contribution in [3.63, 3.8) is 0 Å². The summed E-state index contributed by atoms with van der Waals surface area (Å²) in [4.78, 5) is 10.2. The van der Waals surface area contributed by atoms with Crippen molar-refractivity contribution in [2.75, 3.05) is 0 Å². The lowest BCUT2D eigenvalue weighted by Gasteiger charge is -2.00. The van der Waals surface area contributed by atoms with E-state index in [1.165, 1.54) is 16.8 Å². The first-order valence-electron chi connectivity index (χ1n) is 5.02. The van der Waals surface area contributed by atoms with Crippen LogP contribution in [0.4, 0.5) is 5.69 Å². The molecule has 1 N–H and O–H groups in total. The number of aliphatic hydroxyl groups excluding tert-OH is 1. The van der Waals surface area contributed by atoms with E-state index in [4.69, 9.17) is 5.11 Å². The molecule has 0 fully saturated rings. The molecular formula is C11H11N3O3. The minimum absolute atomic E-state index is 0.0150. The van der Waals surface area contributed by atoms with E-state index in [1.807, 2.05) is 0 Å². The van der Waals surface area contributed by atoms with E-state index in [1.54, 1.807) is 25.3 Å². The molecule has 6 nitrogen and oxygen atoms in total. The predicted octanol–water partition coefficient (Wildman–Crippen LogP) is 1.58. The number of nitro groups is 1. The van der Waals surface area contributed by atoms with Gasteiger partial charge in [-0.05, 0) is 13.0 Å². The second-order valence-electron chi connectivity index (χ2n) is 3.62. The lowest BCUT2D eigenvalue weighted by atomic mass is 10.3. The highest BCUT2D eigenvalue weighted by Crippen LogP contribution is 2.17. The number of nitro benzene ring substituents is 1. The minimum Gasteiger partial charge on any atom is -0.392 e. The Bertz CT molecular complexity index is 563. The van der Waals surface area contributed by atoms with Crippen LogP contribution in [0, 0.1) is 17.0 Å². The van der Waals surface area contributed by atoms with Crippen molar-refractivity contribution in [3.8, 4) is 5.69 Å². The Balaban J connectivity index is 2.45. The van der Waals surface area contributed by atoms with Gasteiger partial charge in [-0.2, -0.15) is 5.10 Å². The Kier molecular flexibility index (Phi) is 2.88. The molecule has 2 rings (SSSR count). The zero-order valence-corrected chi connectivity index (χ0v) is 9.20. The first-order valence-corrected chi connectivity index (χ1v) is 5.02. The van der Waals surface area contributed by atoms with Gasteiger partial charge in [-0.1, -0.05) is 6.07 Å². The molecule has 0 unspecified atom stereocenters. The Labute approximate surface area is 97.3 Å². The zero-order chi connectivity index (χ0) is 12.4. The van der Waals surface area contributed by atoms with Crippen molar-refractivity contribution < 1.29 is 10.0 Å². The van der Waals surface area contributed by atoms with Gasteiger partial charge in [-0.3, -0.25) is 10.1 Å². The molecule has 1 heterocycles. The van der Waals surface area contributed by atoms with Crippen molar-refractivity contribution in [1.82, 2.24) is 9.78 Å². The van der Waals surface area contributed by atoms with Crippen molar-refractivity contribution in [2.24, 2.45) is 0 Å². The van der Waals surface area contributed by atoms with Gasteiger partial charge in [0.2, 0.25) is 0 Å². The van der Waals surface area contributed by atoms with Crippen LogP contribution in [0.5, 0.6) is 0 Å². The third-order valence-corrected chi connectivity index (χ3v) is 2.48. The quantitative estimate of drug-likeness (QED) is 0.644. The summed E-state index contributed by atoms with van der Waals surface area (Å²) >= 11 is 0. The average molecular weight is 233 g/mol. The summed E-state index contributed by atoms with van der Waals surface area (Å²) in [6, 6.07) is 6.18. The van der Waals surface area contributed by atoms with E-state index in [0.29, 0.717) is 16.9 Å². The standard InChI is InChI=1S/C11H11N3O3/c1-8-9(7-15)6-13(12-8)10-3-2-4-11(5-10)14(16)17/h2-6,15H,7H2,1H3. The fraction of sp³-hybridized carbons (Fsp3) is 0.182. The van der Waals surface area contributed by atoms with E-state index < -0.39 is 4.92 Å². The van der Waals surface area contributed by atoms with Gasteiger partial charge in [0.15, 0.2) is 0 Å². The number of benzene rings is 1. The molecule has 0 saturated heterocycles. The van der Waals surface area contributed by atoms with Crippen LogP contribution in [0.3, 0.4) is 0 Å². The van der Waals surface area contributed by atoms with E-state index in [0.717, 1.165) is 0 Å². The maximum atomic E-state index is 10.6. The van der Waals surface area contributed by atoms with Crippen molar-refractivity contribution in [2.45, 2.75) is 13.5 Å². The normalized spacial score (nSPS) is 10.5. The maximum absolute atomic E-state index is 10.6. The van der Waals surface area contributed by atoms with Gasteiger partial charge in [0.05, 0.1) is 22.9 Å². The third kappa shape index (κ3) is 2.16. The van der Waals surface area contributed by atoms with E-state index in [2.05, 4.69) is 5.10 Å². The number of aliphatic hydroxyl groups is 1. The molecule has 2 aromatic rings. The molecule has 0 aliphatic heterocycles. The molecule has 0 amide bonds. The number of hydrogen-bond acceptors (Lipinski definition) is 4. The summed E-state index contributed by atoms with van der Waals surface area (Å²) in [6.45, 7) is 1.68.